The van der Waals surface area contributed by atoms with Crippen molar-refractivity contribution in [1.82, 2.24) is 9.88 Å². The molecule has 188 valence electrons. The second-order valence-electron chi connectivity index (χ2n) is 9.05. The first-order valence-electron chi connectivity index (χ1n) is 12.4. The number of ether oxygens (including phenoxy) is 1. The minimum absolute atomic E-state index is 0.0464. The number of aryl methyl sites for hydroxylation is 2. The average Bonchev–Trinajstić information content (AvgIpc) is 3.18. The van der Waals surface area contributed by atoms with E-state index in [1.807, 2.05) is 45.0 Å². The average molecular weight is 473 g/mol. The Morgan fingerprint density at radius 1 is 1.15 bits per heavy atom. The molecular weight excluding hydrogens is 432 g/mol. The number of hydrogen-bond acceptors (Lipinski definition) is 5. The molecule has 2 atom stereocenters. The number of carboxylic acid groups (broad SMARTS) is 1. The first-order chi connectivity index (χ1) is 16.3. The molecule has 2 unspecified atom stereocenters. The molecule has 1 fully saturated rings. The molecule has 2 aromatic rings. The van der Waals surface area contributed by atoms with E-state index in [1.54, 1.807) is 0 Å². The molecule has 1 aromatic heterocycles. The molecule has 1 aromatic carbocycles. The Balaban J connectivity index is 0.00000129. The summed E-state index contributed by atoms with van der Waals surface area (Å²) in [6, 6.07) is 8.02. The van der Waals surface area contributed by atoms with Crippen LogP contribution >= 0.6 is 0 Å². The summed E-state index contributed by atoms with van der Waals surface area (Å²) >= 11 is 0. The number of carboxylic acids is 1. The molecule has 0 radical (unpaired) electrons. The van der Waals surface area contributed by atoms with Crippen molar-refractivity contribution in [3.63, 3.8) is 0 Å². The highest BCUT2D eigenvalue weighted by Crippen LogP contribution is 2.29. The number of hydrogen-bond donors (Lipinski definition) is 1. The monoisotopic (exact) mass is 472 g/mol. The first-order valence-corrected chi connectivity index (χ1v) is 12.4. The van der Waals surface area contributed by atoms with Gasteiger partial charge in [0.25, 0.3) is 0 Å². The molecule has 0 bridgehead atoms. The zero-order valence-electron chi connectivity index (χ0n) is 21.3. The van der Waals surface area contributed by atoms with Crippen LogP contribution in [0.25, 0.3) is 11.5 Å². The van der Waals surface area contributed by atoms with Gasteiger partial charge in [-0.25, -0.2) is 4.98 Å². The zero-order chi connectivity index (χ0) is 25.1. The summed E-state index contributed by atoms with van der Waals surface area (Å²) in [5.41, 5.74) is 2.87. The Hall–Kier alpha value is -2.67. The molecule has 1 saturated carbocycles. The van der Waals surface area contributed by atoms with Crippen molar-refractivity contribution < 1.29 is 23.8 Å². The lowest BCUT2D eigenvalue weighted by Crippen LogP contribution is -2.42. The van der Waals surface area contributed by atoms with Gasteiger partial charge in [0, 0.05) is 18.0 Å². The van der Waals surface area contributed by atoms with Crippen LogP contribution in [-0.2, 0) is 20.9 Å². The Labute approximate surface area is 203 Å². The number of benzene rings is 1. The molecule has 1 N–H and O–H groups in total. The lowest BCUT2D eigenvalue weighted by molar-refractivity contribution is -0.147. The number of carbonyl (C=O) groups excluding carboxylic acids is 1. The van der Waals surface area contributed by atoms with Crippen molar-refractivity contribution in [3.8, 4) is 11.5 Å². The van der Waals surface area contributed by atoms with E-state index in [1.165, 1.54) is 16.9 Å². The Morgan fingerprint density at radius 3 is 2.44 bits per heavy atom. The number of aromatic nitrogens is 1. The van der Waals surface area contributed by atoms with E-state index < -0.39 is 5.97 Å². The van der Waals surface area contributed by atoms with E-state index in [-0.39, 0.29) is 24.5 Å². The highest BCUT2D eigenvalue weighted by atomic mass is 16.5. The summed E-state index contributed by atoms with van der Waals surface area (Å²) in [6.07, 6.45) is 5.11. The molecule has 34 heavy (non-hydrogen) atoms. The summed E-state index contributed by atoms with van der Waals surface area (Å²) < 4.78 is 11.9. The summed E-state index contributed by atoms with van der Waals surface area (Å²) in [6.45, 7) is 10.7. The second-order valence-corrected chi connectivity index (χ2v) is 9.05. The third-order valence-corrected chi connectivity index (χ3v) is 5.75. The highest BCUT2D eigenvalue weighted by molar-refractivity contribution is 5.83. The maximum atomic E-state index is 12.9. The summed E-state index contributed by atoms with van der Waals surface area (Å²) in [5.74, 6) is 0.0746. The van der Waals surface area contributed by atoms with Gasteiger partial charge in [0.1, 0.15) is 18.0 Å². The van der Waals surface area contributed by atoms with Gasteiger partial charge in [-0.05, 0) is 51.7 Å². The number of rotatable bonds is 9. The number of oxazole rings is 1. The van der Waals surface area contributed by atoms with Gasteiger partial charge in [-0.1, -0.05) is 51.3 Å². The van der Waals surface area contributed by atoms with Crippen molar-refractivity contribution >= 4 is 11.9 Å². The van der Waals surface area contributed by atoms with Crippen LogP contribution in [0, 0.1) is 19.8 Å². The highest BCUT2D eigenvalue weighted by Gasteiger charge is 2.31. The number of carbonyl (C=O) groups is 2. The van der Waals surface area contributed by atoms with Crippen LogP contribution in [0.5, 0.6) is 0 Å². The van der Waals surface area contributed by atoms with Crippen molar-refractivity contribution in [2.45, 2.75) is 85.9 Å². The molecule has 1 amide bonds. The molecule has 3 rings (SSSR count). The molecular formula is C27H40N2O5. The maximum absolute atomic E-state index is 12.9. The number of nitrogens with zero attached hydrogens (tertiary/aromatic N) is 2. The molecule has 7 heteroatoms. The van der Waals surface area contributed by atoms with Crippen LogP contribution in [0.4, 0.5) is 0 Å². The second kappa shape index (κ2) is 13.9. The first kappa shape index (κ1) is 27.6. The van der Waals surface area contributed by atoms with E-state index in [0.717, 1.165) is 42.7 Å². The largest absolute Gasteiger partial charge is 0.480 e. The predicted octanol–water partition coefficient (Wildman–Crippen LogP) is 5.77. The van der Waals surface area contributed by atoms with Gasteiger partial charge in [0.15, 0.2) is 0 Å². The van der Waals surface area contributed by atoms with Gasteiger partial charge in [0.05, 0.1) is 12.7 Å². The van der Waals surface area contributed by atoms with Crippen molar-refractivity contribution in [2.24, 2.45) is 5.92 Å². The van der Waals surface area contributed by atoms with Crippen LogP contribution in [-0.4, -0.2) is 46.1 Å². The van der Waals surface area contributed by atoms with E-state index in [9.17, 15) is 9.59 Å². The van der Waals surface area contributed by atoms with Crippen molar-refractivity contribution in [1.29, 1.82) is 0 Å². The molecule has 1 heterocycles. The lowest BCUT2D eigenvalue weighted by Gasteiger charge is -2.32. The van der Waals surface area contributed by atoms with Crippen LogP contribution in [0.2, 0.25) is 0 Å². The molecule has 1 aliphatic rings. The minimum atomic E-state index is -0.976. The maximum Gasteiger partial charge on any atom is 0.323 e. The van der Waals surface area contributed by atoms with Crippen molar-refractivity contribution in [3.05, 3.63) is 41.3 Å². The van der Waals surface area contributed by atoms with Gasteiger partial charge >= 0.3 is 5.97 Å². The van der Waals surface area contributed by atoms with Crippen LogP contribution < -0.4 is 0 Å². The summed E-state index contributed by atoms with van der Waals surface area (Å²) in [4.78, 5) is 30.0. The SMILES string of the molecule is CCC.CCCN(CC(=O)O)C(=O)C1CCCC(OCc2nc(-c3ccc(C)cc3)oc2C)C1. The standard InChI is InChI=1S/C24H32N2O5.C3H8/c1-4-12-26(14-22(27)28)24(29)19-6-5-7-20(13-19)30-15-21-17(3)31-23(25-21)18-10-8-16(2)9-11-18;1-3-2/h8-11,19-20H,4-7,12-15H2,1-3H3,(H,27,28);3H2,1-2H3. The van der Waals surface area contributed by atoms with Crippen LogP contribution in [0.3, 0.4) is 0 Å². The van der Waals surface area contributed by atoms with Gasteiger partial charge < -0.3 is 19.2 Å². The topological polar surface area (TPSA) is 92.9 Å². The van der Waals surface area contributed by atoms with Gasteiger partial charge in [-0.2, -0.15) is 0 Å². The molecule has 0 aliphatic heterocycles. The molecule has 0 spiro atoms. The van der Waals surface area contributed by atoms with E-state index >= 15 is 0 Å². The van der Waals surface area contributed by atoms with Gasteiger partial charge in [-0.3, -0.25) is 9.59 Å². The Morgan fingerprint density at radius 2 is 1.82 bits per heavy atom. The number of aliphatic carboxylic acids is 1. The normalized spacial score (nSPS) is 17.6. The minimum Gasteiger partial charge on any atom is -0.480 e. The summed E-state index contributed by atoms with van der Waals surface area (Å²) in [5, 5.41) is 9.11. The molecule has 0 saturated heterocycles. The summed E-state index contributed by atoms with van der Waals surface area (Å²) in [7, 11) is 0. The van der Waals surface area contributed by atoms with Gasteiger partial charge in [0.2, 0.25) is 11.8 Å². The Bertz CT molecular complexity index is 906. The predicted molar refractivity (Wildman–Crippen MR) is 132 cm³/mol. The van der Waals surface area contributed by atoms with E-state index in [4.69, 9.17) is 14.3 Å². The van der Waals surface area contributed by atoms with E-state index in [2.05, 4.69) is 18.8 Å². The lowest BCUT2D eigenvalue weighted by atomic mass is 9.86. The fourth-order valence-electron chi connectivity index (χ4n) is 4.06. The van der Waals surface area contributed by atoms with Gasteiger partial charge in [-0.15, -0.1) is 0 Å². The van der Waals surface area contributed by atoms with Crippen molar-refractivity contribution in [2.75, 3.05) is 13.1 Å². The third kappa shape index (κ3) is 8.28. The van der Waals surface area contributed by atoms with Crippen LogP contribution in [0.15, 0.2) is 28.7 Å². The quantitative estimate of drug-likeness (QED) is 0.498. The Kier molecular flexibility index (Phi) is 11.3. The van der Waals surface area contributed by atoms with Crippen LogP contribution in [0.1, 0.15) is 76.3 Å². The zero-order valence-corrected chi connectivity index (χ0v) is 21.3. The molecule has 1 aliphatic carbocycles. The fraction of sp³-hybridized carbons (Fsp3) is 0.593. The number of amides is 1. The van der Waals surface area contributed by atoms with E-state index in [0.29, 0.717) is 25.5 Å². The smallest absolute Gasteiger partial charge is 0.323 e. The molecule has 7 nitrogen and oxygen atoms in total. The fourth-order valence-corrected chi connectivity index (χ4v) is 4.06. The third-order valence-electron chi connectivity index (χ3n) is 5.75.